The van der Waals surface area contributed by atoms with Crippen molar-refractivity contribution in [3.8, 4) is 11.1 Å². The quantitative estimate of drug-likeness (QED) is 0.609. The van der Waals surface area contributed by atoms with E-state index in [1.165, 1.54) is 12.3 Å². The van der Waals surface area contributed by atoms with E-state index in [1.54, 1.807) is 30.5 Å². The molecule has 0 aliphatic carbocycles. The fourth-order valence-corrected chi connectivity index (χ4v) is 1.88. The maximum atomic E-state index is 13.6. The number of hydrogen-bond donors (Lipinski definition) is 0. The van der Waals surface area contributed by atoms with E-state index in [1.807, 2.05) is 6.07 Å². The van der Waals surface area contributed by atoms with Gasteiger partial charge in [-0.05, 0) is 29.8 Å². The van der Waals surface area contributed by atoms with E-state index in [2.05, 4.69) is 9.97 Å². The zero-order valence-corrected chi connectivity index (χ0v) is 9.27. The van der Waals surface area contributed by atoms with Crippen molar-refractivity contribution >= 4 is 10.9 Å². The minimum absolute atomic E-state index is 0.202. The molecule has 3 rings (SSSR count). The average molecular weight is 242 g/mol. The topological polar surface area (TPSA) is 25.8 Å². The lowest BCUT2D eigenvalue weighted by Crippen LogP contribution is -1.92. The van der Waals surface area contributed by atoms with E-state index < -0.39 is 11.8 Å². The highest BCUT2D eigenvalue weighted by Crippen LogP contribution is 2.26. The Morgan fingerprint density at radius 1 is 0.889 bits per heavy atom. The van der Waals surface area contributed by atoms with Crippen LogP contribution in [0.2, 0.25) is 0 Å². The minimum Gasteiger partial charge on any atom is -0.256 e. The smallest absolute Gasteiger partial charge is 0.249 e. The molecule has 4 heteroatoms. The van der Waals surface area contributed by atoms with Crippen LogP contribution in [0, 0.1) is 11.8 Å². The number of rotatable bonds is 1. The Kier molecular flexibility index (Phi) is 2.48. The number of benzene rings is 1. The molecule has 0 fully saturated rings. The highest BCUT2D eigenvalue weighted by molar-refractivity contribution is 5.84. The van der Waals surface area contributed by atoms with E-state index in [0.717, 1.165) is 10.9 Å². The third-order valence-corrected chi connectivity index (χ3v) is 2.76. The number of pyridine rings is 2. The Hall–Kier alpha value is -2.36. The Labute approximate surface area is 102 Å². The lowest BCUT2D eigenvalue weighted by atomic mass is 10.0. The highest BCUT2D eigenvalue weighted by Gasteiger charge is 2.11. The summed E-state index contributed by atoms with van der Waals surface area (Å²) in [6, 6.07) is 10.4. The second kappa shape index (κ2) is 4.14. The van der Waals surface area contributed by atoms with Gasteiger partial charge in [0.15, 0.2) is 5.82 Å². The summed E-state index contributed by atoms with van der Waals surface area (Å²) >= 11 is 0. The van der Waals surface area contributed by atoms with E-state index in [9.17, 15) is 8.78 Å². The van der Waals surface area contributed by atoms with Gasteiger partial charge in [-0.2, -0.15) is 4.39 Å². The summed E-state index contributed by atoms with van der Waals surface area (Å²) in [5.41, 5.74) is 1.62. The molecule has 1 aromatic carbocycles. The third-order valence-electron chi connectivity index (χ3n) is 2.76. The standard InChI is InChI=1S/C14H8F2N2/c15-13-11(5-7-18-14(13)16)9-3-4-12-10(8-9)2-1-6-17-12/h1-8H. The molecule has 0 atom stereocenters. The molecule has 0 radical (unpaired) electrons. The normalized spacial score (nSPS) is 10.8. The molecule has 0 aliphatic rings. The van der Waals surface area contributed by atoms with Crippen molar-refractivity contribution in [2.45, 2.75) is 0 Å². The summed E-state index contributed by atoms with van der Waals surface area (Å²) in [4.78, 5) is 7.45. The average Bonchev–Trinajstić information content (AvgIpc) is 2.41. The van der Waals surface area contributed by atoms with Gasteiger partial charge in [0.25, 0.3) is 0 Å². The SMILES string of the molecule is Fc1nccc(-c2ccc3ncccc3c2)c1F. The van der Waals surface area contributed by atoms with Crippen LogP contribution in [0.5, 0.6) is 0 Å². The number of fused-ring (bicyclic) bond motifs is 1. The largest absolute Gasteiger partial charge is 0.256 e. The Morgan fingerprint density at radius 3 is 2.67 bits per heavy atom. The molecule has 0 N–H and O–H groups in total. The first-order valence-electron chi connectivity index (χ1n) is 5.41. The van der Waals surface area contributed by atoms with Gasteiger partial charge in [-0.25, -0.2) is 9.37 Å². The molecular weight excluding hydrogens is 234 g/mol. The van der Waals surface area contributed by atoms with Gasteiger partial charge in [-0.15, -0.1) is 0 Å². The van der Waals surface area contributed by atoms with Crippen LogP contribution in [0.3, 0.4) is 0 Å². The maximum Gasteiger partial charge on any atom is 0.249 e. The van der Waals surface area contributed by atoms with E-state index in [4.69, 9.17) is 0 Å². The van der Waals surface area contributed by atoms with Gasteiger partial charge in [0, 0.05) is 23.3 Å². The highest BCUT2D eigenvalue weighted by atomic mass is 19.2. The molecular formula is C14H8F2N2. The van der Waals surface area contributed by atoms with Crippen LogP contribution in [-0.4, -0.2) is 9.97 Å². The number of aromatic nitrogens is 2. The molecule has 0 spiro atoms. The molecule has 0 unspecified atom stereocenters. The predicted molar refractivity (Wildman–Crippen MR) is 64.9 cm³/mol. The van der Waals surface area contributed by atoms with Crippen LogP contribution in [0.1, 0.15) is 0 Å². The van der Waals surface area contributed by atoms with E-state index in [0.29, 0.717) is 5.56 Å². The van der Waals surface area contributed by atoms with Crippen LogP contribution < -0.4 is 0 Å². The van der Waals surface area contributed by atoms with Gasteiger partial charge in [-0.1, -0.05) is 12.1 Å². The lowest BCUT2D eigenvalue weighted by molar-refractivity contribution is 0.482. The lowest BCUT2D eigenvalue weighted by Gasteiger charge is -2.05. The fourth-order valence-electron chi connectivity index (χ4n) is 1.88. The monoisotopic (exact) mass is 242 g/mol. The Morgan fingerprint density at radius 2 is 1.78 bits per heavy atom. The molecule has 0 bridgehead atoms. The second-order valence-corrected chi connectivity index (χ2v) is 3.87. The van der Waals surface area contributed by atoms with Crippen LogP contribution in [0.15, 0.2) is 48.8 Å². The zero-order chi connectivity index (χ0) is 12.5. The maximum absolute atomic E-state index is 13.6. The molecule has 2 aromatic heterocycles. The van der Waals surface area contributed by atoms with Gasteiger partial charge in [-0.3, -0.25) is 4.98 Å². The molecule has 0 aliphatic heterocycles. The molecule has 88 valence electrons. The van der Waals surface area contributed by atoms with Gasteiger partial charge in [0.1, 0.15) is 0 Å². The number of nitrogens with zero attached hydrogens (tertiary/aromatic N) is 2. The summed E-state index contributed by atoms with van der Waals surface area (Å²) in [5.74, 6) is -2.01. The summed E-state index contributed by atoms with van der Waals surface area (Å²) in [5, 5.41) is 0.881. The fraction of sp³-hybridized carbons (Fsp3) is 0. The van der Waals surface area contributed by atoms with Crippen molar-refractivity contribution in [1.82, 2.24) is 9.97 Å². The van der Waals surface area contributed by atoms with Crippen molar-refractivity contribution in [3.63, 3.8) is 0 Å². The number of halogens is 2. The molecule has 2 nitrogen and oxygen atoms in total. The van der Waals surface area contributed by atoms with Crippen LogP contribution in [0.4, 0.5) is 8.78 Å². The third kappa shape index (κ3) is 1.72. The van der Waals surface area contributed by atoms with E-state index >= 15 is 0 Å². The van der Waals surface area contributed by atoms with Crippen molar-refractivity contribution in [1.29, 1.82) is 0 Å². The van der Waals surface area contributed by atoms with E-state index in [-0.39, 0.29) is 5.56 Å². The minimum atomic E-state index is -1.08. The Balaban J connectivity index is 2.22. The number of hydrogen-bond acceptors (Lipinski definition) is 2. The molecule has 2 heterocycles. The van der Waals surface area contributed by atoms with Gasteiger partial charge < -0.3 is 0 Å². The van der Waals surface area contributed by atoms with Gasteiger partial charge in [0.05, 0.1) is 5.52 Å². The first-order chi connectivity index (χ1) is 8.75. The van der Waals surface area contributed by atoms with Crippen molar-refractivity contribution in [2.24, 2.45) is 0 Å². The van der Waals surface area contributed by atoms with Gasteiger partial charge >= 0.3 is 0 Å². The molecule has 0 amide bonds. The summed E-state index contributed by atoms with van der Waals surface area (Å²) in [6.07, 6.45) is 2.94. The predicted octanol–water partition coefficient (Wildman–Crippen LogP) is 3.58. The van der Waals surface area contributed by atoms with Crippen molar-refractivity contribution < 1.29 is 8.78 Å². The molecule has 3 aromatic rings. The summed E-state index contributed by atoms with van der Waals surface area (Å²) < 4.78 is 26.7. The molecule has 0 saturated carbocycles. The van der Waals surface area contributed by atoms with Crippen LogP contribution in [-0.2, 0) is 0 Å². The molecule has 18 heavy (non-hydrogen) atoms. The second-order valence-electron chi connectivity index (χ2n) is 3.87. The molecule has 0 saturated heterocycles. The van der Waals surface area contributed by atoms with Crippen LogP contribution >= 0.6 is 0 Å². The van der Waals surface area contributed by atoms with Crippen LogP contribution in [0.25, 0.3) is 22.0 Å². The first-order valence-corrected chi connectivity index (χ1v) is 5.41. The summed E-state index contributed by atoms with van der Waals surface area (Å²) in [6.45, 7) is 0. The zero-order valence-electron chi connectivity index (χ0n) is 9.27. The van der Waals surface area contributed by atoms with Gasteiger partial charge in [0.2, 0.25) is 5.95 Å². The Bertz CT molecular complexity index is 726. The first kappa shape index (κ1) is 10.8. The van der Waals surface area contributed by atoms with Crippen molar-refractivity contribution in [2.75, 3.05) is 0 Å². The van der Waals surface area contributed by atoms with Crippen molar-refractivity contribution in [3.05, 3.63) is 60.6 Å². The summed E-state index contributed by atoms with van der Waals surface area (Å²) in [7, 11) is 0.